The molecule has 1 nitrogen and oxygen atoms in total. The number of carbonyl (C=O) groups is 1. The zero-order chi connectivity index (χ0) is 13.1. The van der Waals surface area contributed by atoms with Gasteiger partial charge in [-0.05, 0) is 29.8 Å². The van der Waals surface area contributed by atoms with Crippen LogP contribution in [0.3, 0.4) is 0 Å². The summed E-state index contributed by atoms with van der Waals surface area (Å²) in [5.74, 6) is -0.309. The van der Waals surface area contributed by atoms with Gasteiger partial charge in [-0.2, -0.15) is 0 Å². The Hall–Kier alpha value is -1.00. The molecule has 0 atom stereocenters. The molecule has 0 bridgehead atoms. The number of Topliss-reactive ketones (excluding diaryl/α,β-unsaturated/α-hetero) is 1. The Labute approximate surface area is 121 Å². The summed E-state index contributed by atoms with van der Waals surface area (Å²) >= 11 is 6.58. The summed E-state index contributed by atoms with van der Waals surface area (Å²) in [5.41, 5.74) is 1.43. The number of benzene rings is 2. The number of rotatable bonds is 3. The molecule has 0 aliphatic rings. The van der Waals surface area contributed by atoms with E-state index in [2.05, 4.69) is 31.9 Å². The lowest BCUT2D eigenvalue weighted by Gasteiger charge is -2.04. The topological polar surface area (TPSA) is 17.1 Å². The van der Waals surface area contributed by atoms with Gasteiger partial charge < -0.3 is 0 Å². The van der Waals surface area contributed by atoms with Crippen LogP contribution in [-0.4, -0.2) is 5.78 Å². The fourth-order valence-electron chi connectivity index (χ4n) is 1.58. The molecule has 2 aromatic rings. The second kappa shape index (κ2) is 5.76. The highest BCUT2D eigenvalue weighted by Crippen LogP contribution is 2.20. The van der Waals surface area contributed by atoms with Crippen LogP contribution in [0, 0.1) is 5.82 Å². The predicted molar refractivity (Wildman–Crippen MR) is 76.3 cm³/mol. The third-order valence-electron chi connectivity index (χ3n) is 2.53. The molecule has 92 valence electrons. The molecule has 0 saturated heterocycles. The highest BCUT2D eigenvalue weighted by atomic mass is 79.9. The van der Waals surface area contributed by atoms with E-state index in [1.807, 2.05) is 12.1 Å². The second-order valence-corrected chi connectivity index (χ2v) is 5.61. The Bertz CT molecular complexity index is 579. The molecule has 0 fully saturated rings. The molecule has 2 rings (SSSR count). The Morgan fingerprint density at radius 1 is 1.06 bits per heavy atom. The van der Waals surface area contributed by atoms with Crippen molar-refractivity contribution < 1.29 is 9.18 Å². The third-order valence-corrected chi connectivity index (χ3v) is 3.80. The number of hydrogen-bond acceptors (Lipinski definition) is 1. The SMILES string of the molecule is O=C(Cc1ccc(F)cc1Br)c1ccc(Br)cc1. The molecule has 2 aromatic carbocycles. The molecule has 0 heterocycles. The van der Waals surface area contributed by atoms with Crippen LogP contribution in [0.2, 0.25) is 0 Å². The molecule has 0 aliphatic carbocycles. The summed E-state index contributed by atoms with van der Waals surface area (Å²) in [6.07, 6.45) is 0.252. The van der Waals surface area contributed by atoms with Gasteiger partial charge in [0.05, 0.1) is 0 Å². The molecule has 4 heteroatoms. The van der Waals surface area contributed by atoms with Crippen molar-refractivity contribution in [2.75, 3.05) is 0 Å². The summed E-state index contributed by atoms with van der Waals surface area (Å²) < 4.78 is 14.5. The van der Waals surface area contributed by atoms with Gasteiger partial charge in [0.25, 0.3) is 0 Å². The maximum Gasteiger partial charge on any atom is 0.167 e. The molecular weight excluding hydrogens is 363 g/mol. The summed E-state index contributed by atoms with van der Waals surface area (Å²) in [4.78, 5) is 12.0. The zero-order valence-electron chi connectivity index (χ0n) is 9.29. The van der Waals surface area contributed by atoms with E-state index in [4.69, 9.17) is 0 Å². The van der Waals surface area contributed by atoms with Gasteiger partial charge in [-0.15, -0.1) is 0 Å². The standard InChI is InChI=1S/C14H9Br2FO/c15-11-4-1-9(2-5-11)14(18)7-10-3-6-12(17)8-13(10)16/h1-6,8H,7H2. The molecule has 0 spiro atoms. The smallest absolute Gasteiger partial charge is 0.167 e. The highest BCUT2D eigenvalue weighted by Gasteiger charge is 2.09. The first kappa shape index (κ1) is 13.4. The van der Waals surface area contributed by atoms with E-state index in [9.17, 15) is 9.18 Å². The van der Waals surface area contributed by atoms with Crippen molar-refractivity contribution >= 4 is 37.6 Å². The lowest BCUT2D eigenvalue weighted by molar-refractivity contribution is 0.0992. The lowest BCUT2D eigenvalue weighted by Crippen LogP contribution is -2.04. The first-order chi connectivity index (χ1) is 8.56. The Morgan fingerprint density at radius 2 is 1.72 bits per heavy atom. The number of hydrogen-bond donors (Lipinski definition) is 0. The fourth-order valence-corrected chi connectivity index (χ4v) is 2.33. The Balaban J connectivity index is 2.18. The molecule has 0 N–H and O–H groups in total. The van der Waals surface area contributed by atoms with E-state index >= 15 is 0 Å². The lowest BCUT2D eigenvalue weighted by atomic mass is 10.0. The minimum atomic E-state index is -0.318. The van der Waals surface area contributed by atoms with Crippen LogP contribution >= 0.6 is 31.9 Å². The average Bonchev–Trinajstić information content (AvgIpc) is 2.33. The van der Waals surface area contributed by atoms with Crippen LogP contribution in [0.1, 0.15) is 15.9 Å². The van der Waals surface area contributed by atoms with E-state index < -0.39 is 0 Å². The molecule has 0 aliphatic heterocycles. The monoisotopic (exact) mass is 370 g/mol. The molecular formula is C14H9Br2FO. The summed E-state index contributed by atoms with van der Waals surface area (Å²) in [6.45, 7) is 0. The molecule has 0 unspecified atom stereocenters. The summed E-state index contributed by atoms with van der Waals surface area (Å²) in [6, 6.07) is 11.5. The molecule has 0 saturated carbocycles. The van der Waals surface area contributed by atoms with Crippen molar-refractivity contribution in [2.24, 2.45) is 0 Å². The minimum Gasteiger partial charge on any atom is -0.294 e. The van der Waals surface area contributed by atoms with Crippen LogP contribution in [0.15, 0.2) is 51.4 Å². The predicted octanol–water partition coefficient (Wildman–Crippen LogP) is 4.78. The van der Waals surface area contributed by atoms with Gasteiger partial charge in [0.1, 0.15) is 5.82 Å². The van der Waals surface area contributed by atoms with Gasteiger partial charge in [0.2, 0.25) is 0 Å². The minimum absolute atomic E-state index is 0.00908. The second-order valence-electron chi connectivity index (χ2n) is 3.84. The third kappa shape index (κ3) is 3.27. The Kier molecular flexibility index (Phi) is 4.30. The molecule has 0 aromatic heterocycles. The van der Waals surface area contributed by atoms with Crippen LogP contribution in [-0.2, 0) is 6.42 Å². The maximum absolute atomic E-state index is 12.9. The maximum atomic E-state index is 12.9. The van der Waals surface area contributed by atoms with E-state index in [1.54, 1.807) is 18.2 Å². The van der Waals surface area contributed by atoms with Gasteiger partial charge in [-0.1, -0.05) is 50.1 Å². The van der Waals surface area contributed by atoms with Gasteiger partial charge in [-0.25, -0.2) is 4.39 Å². The first-order valence-corrected chi connectivity index (χ1v) is 6.87. The van der Waals surface area contributed by atoms with Crippen LogP contribution < -0.4 is 0 Å². The molecule has 0 radical (unpaired) electrons. The van der Waals surface area contributed by atoms with Crippen molar-refractivity contribution in [1.82, 2.24) is 0 Å². The van der Waals surface area contributed by atoms with Crippen molar-refractivity contribution in [1.29, 1.82) is 0 Å². The van der Waals surface area contributed by atoms with Crippen molar-refractivity contribution in [3.05, 3.63) is 68.4 Å². The number of carbonyl (C=O) groups excluding carboxylic acids is 1. The van der Waals surface area contributed by atoms with Gasteiger partial charge in [0.15, 0.2) is 5.78 Å². The van der Waals surface area contributed by atoms with Crippen LogP contribution in [0.5, 0.6) is 0 Å². The van der Waals surface area contributed by atoms with Gasteiger partial charge in [0, 0.05) is 20.9 Å². The molecule has 18 heavy (non-hydrogen) atoms. The van der Waals surface area contributed by atoms with E-state index in [0.717, 1.165) is 10.0 Å². The van der Waals surface area contributed by atoms with E-state index in [-0.39, 0.29) is 18.0 Å². The number of ketones is 1. The summed E-state index contributed by atoms with van der Waals surface area (Å²) in [5, 5.41) is 0. The highest BCUT2D eigenvalue weighted by molar-refractivity contribution is 9.10. The quantitative estimate of drug-likeness (QED) is 0.710. The van der Waals surface area contributed by atoms with Crippen molar-refractivity contribution in [2.45, 2.75) is 6.42 Å². The molecule has 0 amide bonds. The fraction of sp³-hybridized carbons (Fsp3) is 0.0714. The van der Waals surface area contributed by atoms with Crippen molar-refractivity contribution in [3.8, 4) is 0 Å². The average molecular weight is 372 g/mol. The first-order valence-electron chi connectivity index (χ1n) is 5.29. The van der Waals surface area contributed by atoms with E-state index in [0.29, 0.717) is 10.0 Å². The van der Waals surface area contributed by atoms with Gasteiger partial charge >= 0.3 is 0 Å². The van der Waals surface area contributed by atoms with E-state index in [1.165, 1.54) is 12.1 Å². The van der Waals surface area contributed by atoms with Crippen LogP contribution in [0.25, 0.3) is 0 Å². The Morgan fingerprint density at radius 3 is 2.33 bits per heavy atom. The van der Waals surface area contributed by atoms with Crippen molar-refractivity contribution in [3.63, 3.8) is 0 Å². The van der Waals surface area contributed by atoms with Gasteiger partial charge in [-0.3, -0.25) is 4.79 Å². The normalized spacial score (nSPS) is 10.4. The zero-order valence-corrected chi connectivity index (χ0v) is 12.5. The van der Waals surface area contributed by atoms with Crippen LogP contribution in [0.4, 0.5) is 4.39 Å². The number of halogens is 3. The largest absolute Gasteiger partial charge is 0.294 e. The summed E-state index contributed by atoms with van der Waals surface area (Å²) in [7, 11) is 0.